The smallest absolute Gasteiger partial charge is 0.339 e. The van der Waals surface area contributed by atoms with Crippen LogP contribution in [0.25, 0.3) is 0 Å². The summed E-state index contributed by atoms with van der Waals surface area (Å²) < 4.78 is 0. The van der Waals surface area contributed by atoms with Gasteiger partial charge in [0.05, 0.1) is 0 Å². The SMILES string of the molecule is CC(C)C(C)N(C)c1nc2c(cc1C(=O)O)CCCC2. The van der Waals surface area contributed by atoms with Crippen LogP contribution < -0.4 is 4.90 Å². The molecule has 0 bridgehead atoms. The Morgan fingerprint density at radius 1 is 1.30 bits per heavy atom. The molecule has 110 valence electrons. The van der Waals surface area contributed by atoms with E-state index in [9.17, 15) is 9.90 Å². The molecule has 1 unspecified atom stereocenters. The van der Waals surface area contributed by atoms with E-state index >= 15 is 0 Å². The molecular weight excluding hydrogens is 252 g/mol. The van der Waals surface area contributed by atoms with Gasteiger partial charge in [-0.25, -0.2) is 9.78 Å². The van der Waals surface area contributed by atoms with Crippen LogP contribution in [0.5, 0.6) is 0 Å². The van der Waals surface area contributed by atoms with Crippen LogP contribution in [-0.2, 0) is 12.8 Å². The second kappa shape index (κ2) is 5.81. The number of aromatic carboxylic acids is 1. The van der Waals surface area contributed by atoms with E-state index in [1.807, 2.05) is 18.0 Å². The molecule has 1 aliphatic carbocycles. The number of carboxylic acids is 1. The van der Waals surface area contributed by atoms with E-state index < -0.39 is 5.97 Å². The summed E-state index contributed by atoms with van der Waals surface area (Å²) in [6, 6.07) is 2.09. The van der Waals surface area contributed by atoms with Crippen molar-refractivity contribution < 1.29 is 9.90 Å². The highest BCUT2D eigenvalue weighted by atomic mass is 16.4. The van der Waals surface area contributed by atoms with Gasteiger partial charge < -0.3 is 10.0 Å². The number of hydrogen-bond donors (Lipinski definition) is 1. The fraction of sp³-hybridized carbons (Fsp3) is 0.625. The summed E-state index contributed by atoms with van der Waals surface area (Å²) in [5, 5.41) is 9.47. The fourth-order valence-corrected chi connectivity index (χ4v) is 2.69. The molecule has 0 radical (unpaired) electrons. The summed E-state index contributed by atoms with van der Waals surface area (Å²) in [5.74, 6) is 0.169. The summed E-state index contributed by atoms with van der Waals surface area (Å²) in [4.78, 5) is 18.2. The number of nitrogens with zero attached hydrogens (tertiary/aromatic N) is 2. The minimum atomic E-state index is -0.885. The van der Waals surface area contributed by atoms with Gasteiger partial charge in [0.2, 0.25) is 0 Å². The van der Waals surface area contributed by atoms with E-state index in [2.05, 4.69) is 25.8 Å². The molecule has 0 saturated carbocycles. The number of anilines is 1. The van der Waals surface area contributed by atoms with E-state index in [0.717, 1.165) is 36.9 Å². The molecule has 4 nitrogen and oxygen atoms in total. The predicted octanol–water partition coefficient (Wildman–Crippen LogP) is 3.14. The van der Waals surface area contributed by atoms with E-state index in [-0.39, 0.29) is 6.04 Å². The van der Waals surface area contributed by atoms with Gasteiger partial charge in [-0.1, -0.05) is 13.8 Å². The normalized spacial score (nSPS) is 15.8. The lowest BCUT2D eigenvalue weighted by atomic mass is 9.94. The van der Waals surface area contributed by atoms with Crippen LogP contribution in [0.4, 0.5) is 5.82 Å². The number of carbonyl (C=O) groups is 1. The molecule has 0 amide bonds. The molecule has 2 rings (SSSR count). The quantitative estimate of drug-likeness (QED) is 0.918. The van der Waals surface area contributed by atoms with Crippen LogP contribution in [0.3, 0.4) is 0 Å². The zero-order valence-corrected chi connectivity index (χ0v) is 12.8. The van der Waals surface area contributed by atoms with Gasteiger partial charge in [-0.05, 0) is 50.2 Å². The van der Waals surface area contributed by atoms with Gasteiger partial charge in [-0.15, -0.1) is 0 Å². The Bertz CT molecular complexity index is 511. The number of pyridine rings is 1. The topological polar surface area (TPSA) is 53.4 Å². The lowest BCUT2D eigenvalue weighted by Gasteiger charge is -2.31. The van der Waals surface area contributed by atoms with Gasteiger partial charge in [0, 0.05) is 18.8 Å². The van der Waals surface area contributed by atoms with Gasteiger partial charge >= 0.3 is 5.97 Å². The van der Waals surface area contributed by atoms with Crippen LogP contribution >= 0.6 is 0 Å². The first-order chi connectivity index (χ1) is 9.41. The number of carboxylic acid groups (broad SMARTS) is 1. The molecule has 0 fully saturated rings. The van der Waals surface area contributed by atoms with Crippen molar-refractivity contribution in [2.24, 2.45) is 5.92 Å². The molecule has 1 aliphatic rings. The lowest BCUT2D eigenvalue weighted by molar-refractivity contribution is 0.0697. The summed E-state index contributed by atoms with van der Waals surface area (Å²) >= 11 is 0. The Hall–Kier alpha value is -1.58. The summed E-state index contributed by atoms with van der Waals surface area (Å²) in [6.07, 6.45) is 4.19. The number of hydrogen-bond acceptors (Lipinski definition) is 3. The molecular formula is C16H24N2O2. The maximum Gasteiger partial charge on any atom is 0.339 e. The van der Waals surface area contributed by atoms with E-state index in [1.165, 1.54) is 0 Å². The first-order valence-corrected chi connectivity index (χ1v) is 7.40. The molecule has 0 spiro atoms. The highest BCUT2D eigenvalue weighted by Gasteiger charge is 2.24. The Morgan fingerprint density at radius 2 is 1.95 bits per heavy atom. The zero-order chi connectivity index (χ0) is 14.9. The van der Waals surface area contributed by atoms with Crippen molar-refractivity contribution in [2.45, 2.75) is 52.5 Å². The van der Waals surface area contributed by atoms with Crippen molar-refractivity contribution in [3.63, 3.8) is 0 Å². The van der Waals surface area contributed by atoms with Crippen LogP contribution in [0, 0.1) is 5.92 Å². The molecule has 0 aliphatic heterocycles. The van der Waals surface area contributed by atoms with Crippen LogP contribution in [0.2, 0.25) is 0 Å². The molecule has 1 N–H and O–H groups in total. The Labute approximate surface area is 120 Å². The third-order valence-electron chi connectivity index (χ3n) is 4.42. The van der Waals surface area contributed by atoms with E-state index in [1.54, 1.807) is 0 Å². The summed E-state index contributed by atoms with van der Waals surface area (Å²) in [7, 11) is 1.94. The monoisotopic (exact) mass is 276 g/mol. The van der Waals surface area contributed by atoms with E-state index in [4.69, 9.17) is 0 Å². The second-order valence-electron chi connectivity index (χ2n) is 6.07. The number of fused-ring (bicyclic) bond motifs is 1. The third-order valence-corrected chi connectivity index (χ3v) is 4.42. The number of rotatable bonds is 4. The molecule has 1 aromatic heterocycles. The Kier molecular flexibility index (Phi) is 4.31. The molecule has 1 aromatic rings. The fourth-order valence-electron chi connectivity index (χ4n) is 2.69. The van der Waals surface area contributed by atoms with Crippen molar-refractivity contribution in [3.05, 3.63) is 22.9 Å². The Balaban J connectivity index is 2.47. The molecule has 4 heteroatoms. The lowest BCUT2D eigenvalue weighted by Crippen LogP contribution is -2.35. The molecule has 0 saturated heterocycles. The molecule has 1 atom stereocenters. The summed E-state index contributed by atoms with van der Waals surface area (Å²) in [6.45, 7) is 6.39. The predicted molar refractivity (Wildman–Crippen MR) is 80.5 cm³/mol. The average molecular weight is 276 g/mol. The third kappa shape index (κ3) is 2.79. The maximum atomic E-state index is 11.5. The molecule has 20 heavy (non-hydrogen) atoms. The first-order valence-electron chi connectivity index (χ1n) is 7.40. The highest BCUT2D eigenvalue weighted by Crippen LogP contribution is 2.28. The van der Waals surface area contributed by atoms with Crippen LogP contribution in [0.1, 0.15) is 55.2 Å². The van der Waals surface area contributed by atoms with Crippen molar-refractivity contribution in [3.8, 4) is 0 Å². The van der Waals surface area contributed by atoms with Gasteiger partial charge in [0.1, 0.15) is 11.4 Å². The van der Waals surface area contributed by atoms with Gasteiger partial charge in [0.25, 0.3) is 0 Å². The van der Waals surface area contributed by atoms with Crippen molar-refractivity contribution in [2.75, 3.05) is 11.9 Å². The van der Waals surface area contributed by atoms with Crippen molar-refractivity contribution in [1.82, 2.24) is 4.98 Å². The molecule has 1 heterocycles. The van der Waals surface area contributed by atoms with Crippen molar-refractivity contribution >= 4 is 11.8 Å². The van der Waals surface area contributed by atoms with Crippen molar-refractivity contribution in [1.29, 1.82) is 0 Å². The minimum absolute atomic E-state index is 0.252. The average Bonchev–Trinajstić information content (AvgIpc) is 2.44. The first kappa shape index (κ1) is 14.8. The van der Waals surface area contributed by atoms with Gasteiger partial charge in [0.15, 0.2) is 0 Å². The van der Waals surface area contributed by atoms with Crippen LogP contribution in [-0.4, -0.2) is 29.1 Å². The minimum Gasteiger partial charge on any atom is -0.478 e. The number of aromatic nitrogens is 1. The maximum absolute atomic E-state index is 11.5. The largest absolute Gasteiger partial charge is 0.478 e. The Morgan fingerprint density at radius 3 is 2.55 bits per heavy atom. The molecule has 0 aromatic carbocycles. The standard InChI is InChI=1S/C16H24N2O2/c1-10(2)11(3)18(4)15-13(16(19)20)9-12-7-5-6-8-14(12)17-15/h9-11H,5-8H2,1-4H3,(H,19,20). The zero-order valence-electron chi connectivity index (χ0n) is 12.8. The highest BCUT2D eigenvalue weighted by molar-refractivity contribution is 5.93. The van der Waals surface area contributed by atoms with Gasteiger partial charge in [-0.3, -0.25) is 0 Å². The summed E-state index contributed by atoms with van der Waals surface area (Å²) in [5.41, 5.74) is 2.53. The number of aryl methyl sites for hydroxylation is 2. The van der Waals surface area contributed by atoms with Crippen LogP contribution in [0.15, 0.2) is 6.07 Å². The van der Waals surface area contributed by atoms with Gasteiger partial charge in [-0.2, -0.15) is 0 Å². The van der Waals surface area contributed by atoms with E-state index in [0.29, 0.717) is 17.3 Å². The second-order valence-corrected chi connectivity index (χ2v) is 6.07.